The van der Waals surface area contributed by atoms with Gasteiger partial charge in [0.2, 0.25) is 0 Å². The summed E-state index contributed by atoms with van der Waals surface area (Å²) in [5.74, 6) is 0.461. The summed E-state index contributed by atoms with van der Waals surface area (Å²) in [4.78, 5) is 12.2. The van der Waals surface area contributed by atoms with Crippen molar-refractivity contribution in [3.8, 4) is 5.75 Å². The van der Waals surface area contributed by atoms with Gasteiger partial charge in [-0.3, -0.25) is 4.79 Å². The van der Waals surface area contributed by atoms with E-state index in [1.165, 1.54) is 0 Å². The number of halogens is 1. The highest BCUT2D eigenvalue weighted by molar-refractivity contribution is 6.30. The molecule has 0 saturated heterocycles. The van der Waals surface area contributed by atoms with Crippen molar-refractivity contribution >= 4 is 34.0 Å². The number of ether oxygens (including phenoxy) is 1. The molecule has 0 radical (unpaired) electrons. The van der Waals surface area contributed by atoms with Crippen molar-refractivity contribution in [1.29, 1.82) is 0 Å². The minimum absolute atomic E-state index is 0.208. The second-order valence-electron chi connectivity index (χ2n) is 5.27. The van der Waals surface area contributed by atoms with E-state index in [4.69, 9.17) is 16.3 Å². The van der Waals surface area contributed by atoms with Gasteiger partial charge in [-0.25, -0.2) is 0 Å². The molecule has 0 aliphatic heterocycles. The van der Waals surface area contributed by atoms with Gasteiger partial charge in [0.25, 0.3) is 5.91 Å². The van der Waals surface area contributed by atoms with Gasteiger partial charge >= 0.3 is 0 Å². The average molecular weight is 326 g/mol. The zero-order chi connectivity index (χ0) is 16.2. The van der Waals surface area contributed by atoms with Crippen molar-refractivity contribution in [2.75, 3.05) is 5.32 Å². The summed E-state index contributed by atoms with van der Waals surface area (Å²) < 4.78 is 5.74. The molecule has 116 valence electrons. The summed E-state index contributed by atoms with van der Waals surface area (Å²) >= 11 is 5.83. The van der Waals surface area contributed by atoms with E-state index in [1.54, 1.807) is 31.2 Å². The number of carbonyl (C=O) groups excluding carboxylic acids is 1. The highest BCUT2D eigenvalue weighted by Gasteiger charge is 2.15. The lowest BCUT2D eigenvalue weighted by molar-refractivity contribution is -0.122. The Morgan fingerprint density at radius 3 is 2.43 bits per heavy atom. The Balaban J connectivity index is 1.68. The van der Waals surface area contributed by atoms with Crippen LogP contribution in [0.15, 0.2) is 66.7 Å². The van der Waals surface area contributed by atoms with Gasteiger partial charge in [0.05, 0.1) is 0 Å². The van der Waals surface area contributed by atoms with E-state index in [0.717, 1.165) is 10.8 Å². The van der Waals surface area contributed by atoms with Crippen LogP contribution in [-0.2, 0) is 4.79 Å². The van der Waals surface area contributed by atoms with Gasteiger partial charge in [-0.1, -0.05) is 41.9 Å². The number of anilines is 1. The third-order valence-electron chi connectivity index (χ3n) is 3.51. The van der Waals surface area contributed by atoms with Gasteiger partial charge in [-0.2, -0.15) is 0 Å². The van der Waals surface area contributed by atoms with Crippen LogP contribution < -0.4 is 10.1 Å². The minimum Gasteiger partial charge on any atom is -0.481 e. The first-order valence-electron chi connectivity index (χ1n) is 7.34. The van der Waals surface area contributed by atoms with Crippen LogP contribution in [0.3, 0.4) is 0 Å². The van der Waals surface area contributed by atoms with E-state index in [-0.39, 0.29) is 5.91 Å². The summed E-state index contributed by atoms with van der Waals surface area (Å²) in [7, 11) is 0. The maximum absolute atomic E-state index is 12.2. The maximum Gasteiger partial charge on any atom is 0.265 e. The molecule has 0 aliphatic rings. The third-order valence-corrected chi connectivity index (χ3v) is 3.77. The fourth-order valence-electron chi connectivity index (χ4n) is 2.28. The normalized spacial score (nSPS) is 11.9. The molecule has 3 aromatic carbocycles. The summed E-state index contributed by atoms with van der Waals surface area (Å²) in [5, 5.41) is 5.65. The lowest BCUT2D eigenvalue weighted by Crippen LogP contribution is -2.30. The quantitative estimate of drug-likeness (QED) is 0.741. The van der Waals surface area contributed by atoms with E-state index >= 15 is 0 Å². The second kappa shape index (κ2) is 6.71. The molecule has 0 fully saturated rings. The Hall–Kier alpha value is -2.52. The molecule has 3 rings (SSSR count). The second-order valence-corrected chi connectivity index (χ2v) is 5.70. The molecule has 1 unspecified atom stereocenters. The first-order valence-corrected chi connectivity index (χ1v) is 7.71. The van der Waals surface area contributed by atoms with Crippen LogP contribution in [0.25, 0.3) is 10.8 Å². The predicted molar refractivity (Wildman–Crippen MR) is 94.1 cm³/mol. The number of amides is 1. The molecule has 0 bridgehead atoms. The number of nitrogens with one attached hydrogen (secondary N) is 1. The Morgan fingerprint density at radius 2 is 1.70 bits per heavy atom. The lowest BCUT2D eigenvalue weighted by Gasteiger charge is -2.15. The van der Waals surface area contributed by atoms with Crippen molar-refractivity contribution in [2.45, 2.75) is 13.0 Å². The van der Waals surface area contributed by atoms with Gasteiger partial charge in [0.1, 0.15) is 5.75 Å². The molecule has 1 N–H and O–H groups in total. The van der Waals surface area contributed by atoms with E-state index < -0.39 is 6.10 Å². The first kappa shape index (κ1) is 15.4. The SMILES string of the molecule is CC(Oc1ccc2ccccc2c1)C(=O)Nc1ccc(Cl)cc1. The lowest BCUT2D eigenvalue weighted by atomic mass is 10.1. The van der Waals surface area contributed by atoms with E-state index in [1.807, 2.05) is 42.5 Å². The van der Waals surface area contributed by atoms with Crippen molar-refractivity contribution in [3.63, 3.8) is 0 Å². The standard InChI is InChI=1S/C19H16ClNO2/c1-13(19(22)21-17-9-7-16(20)8-10-17)23-18-11-6-14-4-2-3-5-15(14)12-18/h2-13H,1H3,(H,21,22). The Bertz CT molecular complexity index is 830. The van der Waals surface area contributed by atoms with Crippen LogP contribution in [0.1, 0.15) is 6.92 Å². The number of carbonyl (C=O) groups is 1. The Labute approximate surface area is 139 Å². The maximum atomic E-state index is 12.2. The zero-order valence-electron chi connectivity index (χ0n) is 12.6. The number of hydrogen-bond acceptors (Lipinski definition) is 2. The molecule has 3 nitrogen and oxygen atoms in total. The molecule has 3 aromatic rings. The molecule has 0 saturated carbocycles. The molecule has 0 aromatic heterocycles. The Morgan fingerprint density at radius 1 is 1.00 bits per heavy atom. The molecular formula is C19H16ClNO2. The largest absolute Gasteiger partial charge is 0.481 e. The van der Waals surface area contributed by atoms with Crippen LogP contribution in [0.2, 0.25) is 5.02 Å². The fraction of sp³-hybridized carbons (Fsp3) is 0.105. The van der Waals surface area contributed by atoms with Gasteiger partial charge in [-0.05, 0) is 54.1 Å². The van der Waals surface area contributed by atoms with Gasteiger partial charge in [-0.15, -0.1) is 0 Å². The number of rotatable bonds is 4. The van der Waals surface area contributed by atoms with Crippen molar-refractivity contribution in [1.82, 2.24) is 0 Å². The van der Waals surface area contributed by atoms with Crippen LogP contribution in [0, 0.1) is 0 Å². The number of hydrogen-bond donors (Lipinski definition) is 1. The molecule has 1 amide bonds. The smallest absolute Gasteiger partial charge is 0.265 e. The summed E-state index contributed by atoms with van der Waals surface area (Å²) in [6.07, 6.45) is -0.605. The number of fused-ring (bicyclic) bond motifs is 1. The van der Waals surface area contributed by atoms with Gasteiger partial charge in [0, 0.05) is 10.7 Å². The summed E-state index contributed by atoms with van der Waals surface area (Å²) in [5.41, 5.74) is 0.688. The molecule has 23 heavy (non-hydrogen) atoms. The number of benzene rings is 3. The first-order chi connectivity index (χ1) is 11.1. The van der Waals surface area contributed by atoms with Crippen LogP contribution in [-0.4, -0.2) is 12.0 Å². The Kier molecular flexibility index (Phi) is 4.49. The minimum atomic E-state index is -0.605. The molecule has 4 heteroatoms. The zero-order valence-corrected chi connectivity index (χ0v) is 13.4. The van der Waals surface area contributed by atoms with E-state index in [2.05, 4.69) is 5.32 Å². The molecule has 1 atom stereocenters. The monoisotopic (exact) mass is 325 g/mol. The highest BCUT2D eigenvalue weighted by atomic mass is 35.5. The van der Waals surface area contributed by atoms with E-state index in [0.29, 0.717) is 16.5 Å². The topological polar surface area (TPSA) is 38.3 Å². The van der Waals surface area contributed by atoms with Crippen LogP contribution >= 0.6 is 11.6 Å². The predicted octanol–water partition coefficient (Wildman–Crippen LogP) is 4.90. The fourth-order valence-corrected chi connectivity index (χ4v) is 2.40. The van der Waals surface area contributed by atoms with Gasteiger partial charge in [0.15, 0.2) is 6.10 Å². The van der Waals surface area contributed by atoms with Gasteiger partial charge < -0.3 is 10.1 Å². The summed E-state index contributed by atoms with van der Waals surface area (Å²) in [6, 6.07) is 20.8. The highest BCUT2D eigenvalue weighted by Crippen LogP contribution is 2.22. The molecular weight excluding hydrogens is 310 g/mol. The van der Waals surface area contributed by atoms with Crippen molar-refractivity contribution in [2.24, 2.45) is 0 Å². The van der Waals surface area contributed by atoms with Crippen molar-refractivity contribution < 1.29 is 9.53 Å². The van der Waals surface area contributed by atoms with Crippen LogP contribution in [0.4, 0.5) is 5.69 Å². The average Bonchev–Trinajstić information content (AvgIpc) is 2.56. The molecule has 0 heterocycles. The van der Waals surface area contributed by atoms with Crippen LogP contribution in [0.5, 0.6) is 5.75 Å². The van der Waals surface area contributed by atoms with Crippen molar-refractivity contribution in [3.05, 3.63) is 71.8 Å². The molecule has 0 spiro atoms. The van der Waals surface area contributed by atoms with E-state index in [9.17, 15) is 4.79 Å². The molecule has 0 aliphatic carbocycles. The third kappa shape index (κ3) is 3.82. The summed E-state index contributed by atoms with van der Waals surface area (Å²) in [6.45, 7) is 1.72.